The summed E-state index contributed by atoms with van der Waals surface area (Å²) in [6, 6.07) is 22.1. The molecule has 0 aliphatic rings. The van der Waals surface area contributed by atoms with Gasteiger partial charge in [0.05, 0.1) is 9.82 Å². The monoisotopic (exact) mass is 576 g/mol. The van der Waals surface area contributed by atoms with Crippen LogP contribution in [0.25, 0.3) is 6.08 Å². The second kappa shape index (κ2) is 12.8. The second-order valence-electron chi connectivity index (χ2n) is 8.44. The van der Waals surface area contributed by atoms with Crippen LogP contribution < -0.4 is 15.4 Å². The molecule has 10 nitrogen and oxygen atoms in total. The minimum Gasteiger partial charge on any atom is -0.379 e. The molecule has 1 heterocycles. The number of carbonyl (C=O) groups excluding carboxylic acids is 2. The number of anilines is 2. The number of amides is 2. The van der Waals surface area contributed by atoms with E-state index in [2.05, 4.69) is 10.6 Å². The highest BCUT2D eigenvalue weighted by Crippen LogP contribution is 2.28. The summed E-state index contributed by atoms with van der Waals surface area (Å²) in [6.07, 6.45) is 3.67. The van der Waals surface area contributed by atoms with E-state index in [0.717, 1.165) is 16.5 Å². The van der Waals surface area contributed by atoms with Gasteiger partial charge >= 0.3 is 0 Å². The van der Waals surface area contributed by atoms with E-state index >= 15 is 0 Å². The molecule has 40 heavy (non-hydrogen) atoms. The van der Waals surface area contributed by atoms with Gasteiger partial charge in [0.15, 0.2) is 0 Å². The van der Waals surface area contributed by atoms with Crippen molar-refractivity contribution in [3.05, 3.63) is 123 Å². The van der Waals surface area contributed by atoms with Crippen LogP contribution in [0.1, 0.15) is 20.8 Å². The van der Waals surface area contributed by atoms with Crippen LogP contribution in [0, 0.1) is 10.1 Å². The summed E-state index contributed by atoms with van der Waals surface area (Å²) < 4.78 is 27.6. The molecule has 0 unspecified atom stereocenters. The minimum atomic E-state index is -4.41. The zero-order valence-corrected chi connectivity index (χ0v) is 22.6. The summed E-state index contributed by atoms with van der Waals surface area (Å²) in [4.78, 5) is 36.4. The number of rotatable bonds is 11. The van der Waals surface area contributed by atoms with E-state index in [1.165, 1.54) is 42.5 Å². The van der Waals surface area contributed by atoms with Crippen molar-refractivity contribution in [2.24, 2.45) is 0 Å². The average Bonchev–Trinajstić information content (AvgIpc) is 3.46. The first-order valence-corrected chi connectivity index (χ1v) is 14.3. The maximum Gasteiger partial charge on any atom is 0.293 e. The van der Waals surface area contributed by atoms with Gasteiger partial charge in [0.2, 0.25) is 5.91 Å². The maximum absolute atomic E-state index is 12.8. The van der Waals surface area contributed by atoms with Gasteiger partial charge in [-0.05, 0) is 65.9 Å². The van der Waals surface area contributed by atoms with Gasteiger partial charge in [-0.2, -0.15) is 0 Å². The van der Waals surface area contributed by atoms with Crippen LogP contribution >= 0.6 is 11.3 Å². The van der Waals surface area contributed by atoms with Crippen LogP contribution in [-0.4, -0.2) is 31.7 Å². The van der Waals surface area contributed by atoms with Gasteiger partial charge in [-0.3, -0.25) is 19.7 Å². The number of nitrogens with one attached hydrogen (secondary N) is 3. The lowest BCUT2D eigenvalue weighted by Gasteiger charge is -2.10. The summed E-state index contributed by atoms with van der Waals surface area (Å²) in [7, 11) is -4.41. The van der Waals surface area contributed by atoms with Crippen molar-refractivity contribution in [2.45, 2.75) is 11.3 Å². The zero-order valence-electron chi connectivity index (χ0n) is 20.9. The van der Waals surface area contributed by atoms with Crippen LogP contribution in [0.3, 0.4) is 0 Å². The molecule has 3 N–H and O–H groups in total. The molecular weight excluding hydrogens is 552 g/mol. The Hall–Kier alpha value is -4.81. The standard InChI is InChI=1S/C28H24N4O6S2/c33-27(15-8-20-5-2-1-3-6-20)30-22-11-9-21(10-12-22)28(34)31-40(37,38)24-13-14-25(26(19-24)32(35)36)29-17-16-23-7-4-18-39-23/h1-15,18-19,29H,16-17H2,(H,30,33)(H,31,34). The lowest BCUT2D eigenvalue weighted by molar-refractivity contribution is -0.384. The number of nitro groups is 1. The van der Waals surface area contributed by atoms with Crippen molar-refractivity contribution in [1.29, 1.82) is 0 Å². The maximum atomic E-state index is 12.8. The molecule has 0 saturated heterocycles. The predicted molar refractivity (Wildman–Crippen MR) is 155 cm³/mol. The molecule has 0 atom stereocenters. The molecule has 0 radical (unpaired) electrons. The molecule has 4 rings (SSSR count). The van der Waals surface area contributed by atoms with E-state index < -0.39 is 31.4 Å². The highest BCUT2D eigenvalue weighted by Gasteiger charge is 2.24. The van der Waals surface area contributed by atoms with Gasteiger partial charge in [-0.1, -0.05) is 36.4 Å². The molecule has 0 saturated carbocycles. The molecule has 2 amide bonds. The van der Waals surface area contributed by atoms with Crippen molar-refractivity contribution in [2.75, 3.05) is 17.2 Å². The number of nitro benzene ring substituents is 1. The minimum absolute atomic E-state index is 0.0164. The third-order valence-electron chi connectivity index (χ3n) is 5.61. The molecule has 204 valence electrons. The Balaban J connectivity index is 1.38. The summed E-state index contributed by atoms with van der Waals surface area (Å²) in [5.41, 5.74) is 1.02. The summed E-state index contributed by atoms with van der Waals surface area (Å²) in [5, 5.41) is 19.2. The Morgan fingerprint density at radius 3 is 2.38 bits per heavy atom. The third kappa shape index (κ3) is 7.62. The summed E-state index contributed by atoms with van der Waals surface area (Å²) >= 11 is 1.57. The van der Waals surface area contributed by atoms with E-state index in [0.29, 0.717) is 18.7 Å². The largest absolute Gasteiger partial charge is 0.379 e. The molecule has 0 bridgehead atoms. The van der Waals surface area contributed by atoms with E-state index in [9.17, 15) is 28.1 Å². The van der Waals surface area contributed by atoms with Crippen LogP contribution in [0.5, 0.6) is 0 Å². The molecule has 12 heteroatoms. The molecule has 0 spiro atoms. The Morgan fingerprint density at radius 1 is 0.950 bits per heavy atom. The van der Waals surface area contributed by atoms with Crippen LogP contribution in [0.4, 0.5) is 17.1 Å². The normalized spacial score (nSPS) is 11.2. The molecule has 3 aromatic carbocycles. The Labute approximate surface area is 234 Å². The predicted octanol–water partition coefficient (Wildman–Crippen LogP) is 5.08. The summed E-state index contributed by atoms with van der Waals surface area (Å²) in [6.45, 7) is 0.421. The van der Waals surface area contributed by atoms with E-state index in [-0.39, 0.29) is 17.2 Å². The quantitative estimate of drug-likeness (QED) is 0.128. The Kier molecular flexibility index (Phi) is 9.04. The molecule has 4 aromatic rings. The van der Waals surface area contributed by atoms with Gasteiger partial charge in [0, 0.05) is 34.8 Å². The zero-order chi connectivity index (χ0) is 28.5. The van der Waals surface area contributed by atoms with Gasteiger partial charge in [-0.25, -0.2) is 13.1 Å². The highest BCUT2D eigenvalue weighted by atomic mass is 32.2. The number of nitrogens with zero attached hydrogens (tertiary/aromatic N) is 1. The van der Waals surface area contributed by atoms with E-state index in [4.69, 9.17) is 0 Å². The summed E-state index contributed by atoms with van der Waals surface area (Å²) in [5.74, 6) is -1.31. The van der Waals surface area contributed by atoms with Gasteiger partial charge in [0.25, 0.3) is 21.6 Å². The van der Waals surface area contributed by atoms with Gasteiger partial charge in [0.1, 0.15) is 5.69 Å². The Morgan fingerprint density at radius 2 is 1.70 bits per heavy atom. The third-order valence-corrected chi connectivity index (χ3v) is 7.88. The second-order valence-corrected chi connectivity index (χ2v) is 11.2. The van der Waals surface area contributed by atoms with E-state index in [1.54, 1.807) is 17.4 Å². The van der Waals surface area contributed by atoms with Crippen molar-refractivity contribution < 1.29 is 22.9 Å². The molecular formula is C28H24N4O6S2. The van der Waals surface area contributed by atoms with Crippen LogP contribution in [-0.2, 0) is 21.2 Å². The number of hydrogen-bond acceptors (Lipinski definition) is 8. The smallest absolute Gasteiger partial charge is 0.293 e. The highest BCUT2D eigenvalue weighted by molar-refractivity contribution is 7.90. The van der Waals surface area contributed by atoms with E-state index in [1.807, 2.05) is 52.6 Å². The topological polar surface area (TPSA) is 148 Å². The fourth-order valence-corrected chi connectivity index (χ4v) is 5.32. The first-order chi connectivity index (χ1) is 19.2. The lowest BCUT2D eigenvalue weighted by Crippen LogP contribution is -2.30. The van der Waals surface area contributed by atoms with Gasteiger partial charge in [-0.15, -0.1) is 11.3 Å². The number of sulfonamides is 1. The van der Waals surface area contributed by atoms with Crippen molar-refractivity contribution in [1.82, 2.24) is 4.72 Å². The fourth-order valence-electron chi connectivity index (χ4n) is 3.62. The molecule has 0 aliphatic heterocycles. The first kappa shape index (κ1) is 28.2. The first-order valence-electron chi connectivity index (χ1n) is 12.0. The molecule has 0 aliphatic carbocycles. The van der Waals surface area contributed by atoms with Crippen LogP contribution in [0.2, 0.25) is 0 Å². The number of carbonyl (C=O) groups is 2. The average molecular weight is 577 g/mol. The number of thiophene rings is 1. The van der Waals surface area contributed by atoms with Crippen molar-refractivity contribution >= 4 is 56.3 Å². The fraction of sp³-hybridized carbons (Fsp3) is 0.0714. The molecule has 1 aromatic heterocycles. The van der Waals surface area contributed by atoms with Crippen molar-refractivity contribution in [3.63, 3.8) is 0 Å². The lowest BCUT2D eigenvalue weighted by atomic mass is 10.2. The molecule has 0 fully saturated rings. The number of hydrogen-bond donors (Lipinski definition) is 3. The van der Waals surface area contributed by atoms with Gasteiger partial charge < -0.3 is 10.6 Å². The van der Waals surface area contributed by atoms with Crippen LogP contribution in [0.15, 0.2) is 101 Å². The van der Waals surface area contributed by atoms with Crippen molar-refractivity contribution in [3.8, 4) is 0 Å². The SMILES string of the molecule is O=C(C=Cc1ccccc1)Nc1ccc(C(=O)NS(=O)(=O)c2ccc(NCCc3cccs3)c([N+](=O)[O-])c2)cc1. The Bertz CT molecular complexity index is 1640. The number of benzene rings is 3.